The normalized spacial score (nSPS) is 18.1. The molecule has 1 fully saturated rings. The first-order valence-electron chi connectivity index (χ1n) is 11.6. The van der Waals surface area contributed by atoms with Crippen molar-refractivity contribution in [3.63, 3.8) is 0 Å². The van der Waals surface area contributed by atoms with Crippen molar-refractivity contribution in [3.8, 4) is 0 Å². The summed E-state index contributed by atoms with van der Waals surface area (Å²) < 4.78 is 1.78. The number of fused-ring (bicyclic) bond motifs is 1. The van der Waals surface area contributed by atoms with E-state index in [4.69, 9.17) is 0 Å². The Morgan fingerprint density at radius 2 is 1.79 bits per heavy atom. The van der Waals surface area contributed by atoms with Crippen LogP contribution in [-0.2, 0) is 9.59 Å². The molecule has 7 heteroatoms. The summed E-state index contributed by atoms with van der Waals surface area (Å²) in [6.07, 6.45) is 1.81. The summed E-state index contributed by atoms with van der Waals surface area (Å²) in [5.41, 5.74) is 4.77. The molecule has 7 nitrogen and oxygen atoms in total. The van der Waals surface area contributed by atoms with E-state index in [9.17, 15) is 14.7 Å². The number of pyridine rings is 1. The van der Waals surface area contributed by atoms with Gasteiger partial charge in [0, 0.05) is 19.3 Å². The summed E-state index contributed by atoms with van der Waals surface area (Å²) >= 11 is 0. The van der Waals surface area contributed by atoms with Gasteiger partial charge in [0.25, 0.3) is 11.7 Å². The second-order valence-corrected chi connectivity index (χ2v) is 9.55. The highest BCUT2D eigenvalue weighted by atomic mass is 16.3. The first-order chi connectivity index (χ1) is 16.1. The van der Waals surface area contributed by atoms with Crippen molar-refractivity contribution in [1.82, 2.24) is 19.2 Å². The molecule has 178 valence electrons. The van der Waals surface area contributed by atoms with Gasteiger partial charge in [-0.05, 0) is 56.6 Å². The number of carbonyl (C=O) groups excluding carboxylic acids is 2. The van der Waals surface area contributed by atoms with Crippen LogP contribution in [0.5, 0.6) is 0 Å². The Kier molecular flexibility index (Phi) is 6.32. The van der Waals surface area contributed by atoms with Crippen LogP contribution in [0.15, 0.2) is 48.2 Å². The number of hydrogen-bond donors (Lipinski definition) is 1. The van der Waals surface area contributed by atoms with Crippen molar-refractivity contribution in [1.29, 1.82) is 0 Å². The number of nitrogens with zero attached hydrogens (tertiary/aromatic N) is 4. The summed E-state index contributed by atoms with van der Waals surface area (Å²) in [6.45, 7) is 8.96. The van der Waals surface area contributed by atoms with E-state index in [1.165, 1.54) is 5.56 Å². The zero-order chi connectivity index (χ0) is 24.7. The van der Waals surface area contributed by atoms with Gasteiger partial charge in [-0.3, -0.25) is 14.0 Å². The molecule has 1 aliphatic heterocycles. The average molecular weight is 461 g/mol. The van der Waals surface area contributed by atoms with E-state index in [0.29, 0.717) is 36.0 Å². The van der Waals surface area contributed by atoms with Crippen molar-refractivity contribution in [2.75, 3.05) is 27.2 Å². The van der Waals surface area contributed by atoms with E-state index < -0.39 is 17.7 Å². The van der Waals surface area contributed by atoms with E-state index in [0.717, 1.165) is 11.1 Å². The van der Waals surface area contributed by atoms with Gasteiger partial charge in [0.05, 0.1) is 17.3 Å². The number of Topliss-reactive ketones (excluding diaryl/α,β-unsaturated/α-hetero) is 1. The summed E-state index contributed by atoms with van der Waals surface area (Å²) in [5.74, 6) is -1.10. The van der Waals surface area contributed by atoms with Crippen LogP contribution in [-0.4, -0.2) is 63.2 Å². The van der Waals surface area contributed by atoms with E-state index in [2.05, 4.69) is 18.8 Å². The number of ketones is 1. The molecule has 0 spiro atoms. The minimum Gasteiger partial charge on any atom is -0.505 e. The SMILES string of the molecule is Cc1nc2c(C)cccn2c1C(O)=C1C(=O)C(=O)N(CCN(C)C)C1c1ccc(C(C)C)cc1. The summed E-state index contributed by atoms with van der Waals surface area (Å²) in [4.78, 5) is 34.6. The van der Waals surface area contributed by atoms with Gasteiger partial charge in [-0.25, -0.2) is 4.98 Å². The monoisotopic (exact) mass is 460 g/mol. The van der Waals surface area contributed by atoms with Crippen molar-refractivity contribution in [3.05, 3.63) is 76.2 Å². The maximum absolute atomic E-state index is 13.3. The minimum absolute atomic E-state index is 0.104. The molecule has 3 aromatic rings. The maximum atomic E-state index is 13.3. The largest absolute Gasteiger partial charge is 0.505 e. The van der Waals surface area contributed by atoms with E-state index in [-0.39, 0.29) is 11.3 Å². The molecule has 34 heavy (non-hydrogen) atoms. The predicted octanol–water partition coefficient (Wildman–Crippen LogP) is 4.06. The lowest BCUT2D eigenvalue weighted by atomic mass is 9.94. The molecule has 1 amide bonds. The number of rotatable bonds is 6. The van der Waals surface area contributed by atoms with Gasteiger partial charge in [-0.2, -0.15) is 0 Å². The standard InChI is InChI=1S/C27H32N4O3/c1-16(2)19-9-11-20(12-10-19)23-21(25(33)27(34)31(23)15-14-29(5)6)24(32)22-18(4)28-26-17(3)8-7-13-30(22)26/h7-13,16,23,32H,14-15H2,1-6H3. The van der Waals surface area contributed by atoms with Crippen molar-refractivity contribution >= 4 is 23.1 Å². The number of benzene rings is 1. The van der Waals surface area contributed by atoms with Crippen LogP contribution in [0.2, 0.25) is 0 Å². The molecular formula is C27H32N4O3. The number of carbonyl (C=O) groups is 2. The lowest BCUT2D eigenvalue weighted by Gasteiger charge is -2.27. The van der Waals surface area contributed by atoms with Crippen LogP contribution >= 0.6 is 0 Å². The highest BCUT2D eigenvalue weighted by Crippen LogP contribution is 2.40. The number of aliphatic hydroxyl groups excluding tert-OH is 1. The Morgan fingerprint density at radius 1 is 1.12 bits per heavy atom. The predicted molar refractivity (Wildman–Crippen MR) is 133 cm³/mol. The van der Waals surface area contributed by atoms with Gasteiger partial charge in [0.1, 0.15) is 11.3 Å². The van der Waals surface area contributed by atoms with Gasteiger partial charge in [-0.1, -0.05) is 44.2 Å². The second kappa shape index (κ2) is 9.06. The second-order valence-electron chi connectivity index (χ2n) is 9.55. The Morgan fingerprint density at radius 3 is 2.41 bits per heavy atom. The van der Waals surface area contributed by atoms with Gasteiger partial charge >= 0.3 is 0 Å². The van der Waals surface area contributed by atoms with E-state index in [1.54, 1.807) is 16.2 Å². The number of aliphatic hydroxyl groups is 1. The number of likely N-dealkylation sites (tertiary alicyclic amines) is 1. The molecule has 0 bridgehead atoms. The lowest BCUT2D eigenvalue weighted by Crippen LogP contribution is -2.35. The summed E-state index contributed by atoms with van der Waals surface area (Å²) in [7, 11) is 3.85. The third kappa shape index (κ3) is 4.01. The van der Waals surface area contributed by atoms with Crippen LogP contribution in [0.3, 0.4) is 0 Å². The van der Waals surface area contributed by atoms with Gasteiger partial charge < -0.3 is 14.9 Å². The van der Waals surface area contributed by atoms with Crippen molar-refractivity contribution < 1.29 is 14.7 Å². The van der Waals surface area contributed by atoms with Crippen LogP contribution in [0.25, 0.3) is 11.4 Å². The van der Waals surface area contributed by atoms with Crippen LogP contribution in [0.1, 0.15) is 53.9 Å². The molecule has 2 aromatic heterocycles. The Hall–Kier alpha value is -3.45. The molecule has 1 aromatic carbocycles. The average Bonchev–Trinajstić information content (AvgIpc) is 3.26. The molecule has 3 heterocycles. The summed E-state index contributed by atoms with van der Waals surface area (Å²) in [5, 5.41) is 11.5. The Bertz CT molecular complexity index is 1290. The number of likely N-dealkylation sites (N-methyl/N-ethyl adjacent to an activating group) is 1. The van der Waals surface area contributed by atoms with Crippen molar-refractivity contribution in [2.24, 2.45) is 0 Å². The molecule has 0 aliphatic carbocycles. The van der Waals surface area contributed by atoms with Crippen molar-refractivity contribution in [2.45, 2.75) is 39.7 Å². The molecule has 1 aliphatic rings. The van der Waals surface area contributed by atoms with E-state index >= 15 is 0 Å². The molecule has 0 saturated carbocycles. The first-order valence-corrected chi connectivity index (χ1v) is 11.6. The first kappa shape index (κ1) is 23.7. The smallest absolute Gasteiger partial charge is 0.295 e. The molecular weight excluding hydrogens is 428 g/mol. The van der Waals surface area contributed by atoms with Crippen LogP contribution < -0.4 is 0 Å². The van der Waals surface area contributed by atoms with Gasteiger partial charge in [-0.15, -0.1) is 0 Å². The minimum atomic E-state index is -0.670. The highest BCUT2D eigenvalue weighted by molar-refractivity contribution is 6.46. The van der Waals surface area contributed by atoms with E-state index in [1.807, 2.05) is 68.5 Å². The third-order valence-electron chi connectivity index (χ3n) is 6.49. The van der Waals surface area contributed by atoms with Gasteiger partial charge in [0.2, 0.25) is 0 Å². The number of amides is 1. The fourth-order valence-corrected chi connectivity index (χ4v) is 4.56. The zero-order valence-electron chi connectivity index (χ0n) is 20.7. The summed E-state index contributed by atoms with van der Waals surface area (Å²) in [6, 6.07) is 11.1. The third-order valence-corrected chi connectivity index (χ3v) is 6.49. The molecule has 4 rings (SSSR count). The highest BCUT2D eigenvalue weighted by Gasteiger charge is 2.46. The topological polar surface area (TPSA) is 78.1 Å². The fourth-order valence-electron chi connectivity index (χ4n) is 4.56. The molecule has 1 unspecified atom stereocenters. The molecule has 1 saturated heterocycles. The quantitative estimate of drug-likeness (QED) is 0.341. The lowest BCUT2D eigenvalue weighted by molar-refractivity contribution is -0.140. The number of aromatic nitrogens is 2. The number of aryl methyl sites for hydroxylation is 2. The zero-order valence-corrected chi connectivity index (χ0v) is 20.7. The Balaban J connectivity index is 1.92. The molecule has 1 N–H and O–H groups in total. The van der Waals surface area contributed by atoms with Crippen LogP contribution in [0, 0.1) is 13.8 Å². The molecule has 0 radical (unpaired) electrons. The number of hydrogen-bond acceptors (Lipinski definition) is 5. The Labute approximate surface area is 200 Å². The number of imidazole rings is 1. The van der Waals surface area contributed by atoms with Crippen LogP contribution in [0.4, 0.5) is 0 Å². The van der Waals surface area contributed by atoms with Gasteiger partial charge in [0.15, 0.2) is 5.76 Å². The fraction of sp³-hybridized carbons (Fsp3) is 0.370. The maximum Gasteiger partial charge on any atom is 0.295 e. The molecule has 1 atom stereocenters.